The number of hydrogen-bond donors (Lipinski definition) is 3. The van der Waals surface area contributed by atoms with Crippen molar-refractivity contribution in [3.63, 3.8) is 0 Å². The van der Waals surface area contributed by atoms with Crippen molar-refractivity contribution < 1.29 is 27.8 Å². The first kappa shape index (κ1) is 32.8. The lowest BCUT2D eigenvalue weighted by Crippen LogP contribution is -2.34. The Morgan fingerprint density at radius 3 is 2.58 bits per heavy atom. The quantitative estimate of drug-likeness (QED) is 0.184. The van der Waals surface area contributed by atoms with Crippen molar-refractivity contribution in [2.45, 2.75) is 52.7 Å². The summed E-state index contributed by atoms with van der Waals surface area (Å²) in [6, 6.07) is 7.27. The average molecular weight is 624 g/mol. The van der Waals surface area contributed by atoms with E-state index >= 15 is 0 Å². The van der Waals surface area contributed by atoms with Crippen molar-refractivity contribution in [1.82, 2.24) is 34.8 Å². The van der Waals surface area contributed by atoms with Gasteiger partial charge >= 0.3 is 6.09 Å². The van der Waals surface area contributed by atoms with E-state index in [2.05, 4.69) is 31.0 Å². The van der Waals surface area contributed by atoms with E-state index in [1.54, 1.807) is 49.7 Å². The molecule has 0 fully saturated rings. The van der Waals surface area contributed by atoms with Gasteiger partial charge in [0.1, 0.15) is 18.2 Å². The standard InChI is InChI=1S/C30H35F2N9O4/c1-5-19-14-20(6-7-21(19)28(42)35-9-12-44-13-10-36-29(43)45-30(2,3)4)38-26-27-37-16-24(41(27)11-8-34-26)22-17-40(18-25(31)32)39-23(22)15-33/h6-8,11,14,16-17,25H,5,9-10,12-13,18H2,1-4H3,(H,34,38)(H,35,42)(H,36,43). The Balaban J connectivity index is 1.37. The molecule has 0 aliphatic carbocycles. The van der Waals surface area contributed by atoms with Crippen LogP contribution in [0.5, 0.6) is 0 Å². The van der Waals surface area contributed by atoms with Crippen LogP contribution in [0, 0.1) is 11.3 Å². The number of carbonyl (C=O) groups excluding carboxylic acids is 2. The normalized spacial score (nSPS) is 11.4. The molecule has 3 heterocycles. The fourth-order valence-corrected chi connectivity index (χ4v) is 4.43. The topological polar surface area (TPSA) is 160 Å². The second-order valence-corrected chi connectivity index (χ2v) is 10.9. The van der Waals surface area contributed by atoms with E-state index in [-0.39, 0.29) is 37.9 Å². The molecule has 0 aliphatic rings. The van der Waals surface area contributed by atoms with E-state index in [1.165, 1.54) is 12.4 Å². The number of halogens is 2. The van der Waals surface area contributed by atoms with Crippen LogP contribution in [-0.4, -0.2) is 74.5 Å². The Morgan fingerprint density at radius 2 is 1.89 bits per heavy atom. The number of rotatable bonds is 13. The Hall–Kier alpha value is -5.10. The molecule has 15 heteroatoms. The summed E-state index contributed by atoms with van der Waals surface area (Å²) >= 11 is 0. The zero-order valence-electron chi connectivity index (χ0n) is 25.4. The number of nitrogens with one attached hydrogen (secondary N) is 3. The summed E-state index contributed by atoms with van der Waals surface area (Å²) in [5.74, 6) is 0.174. The highest BCUT2D eigenvalue weighted by Crippen LogP contribution is 2.28. The molecule has 0 aliphatic heterocycles. The van der Waals surface area contributed by atoms with Crippen LogP contribution in [-0.2, 0) is 22.4 Å². The van der Waals surface area contributed by atoms with E-state index in [1.807, 2.05) is 19.1 Å². The Morgan fingerprint density at radius 1 is 1.13 bits per heavy atom. The Kier molecular flexibility index (Phi) is 10.6. The second kappa shape index (κ2) is 14.6. The summed E-state index contributed by atoms with van der Waals surface area (Å²) in [7, 11) is 0. The minimum atomic E-state index is -2.61. The molecule has 0 unspecified atom stereocenters. The molecule has 3 N–H and O–H groups in total. The zero-order valence-corrected chi connectivity index (χ0v) is 25.4. The summed E-state index contributed by atoms with van der Waals surface area (Å²) < 4.78 is 39.1. The lowest BCUT2D eigenvalue weighted by Gasteiger charge is -2.19. The number of anilines is 2. The number of hydrogen-bond acceptors (Lipinski definition) is 9. The summed E-state index contributed by atoms with van der Waals surface area (Å²) in [5.41, 5.74) is 2.75. The fourth-order valence-electron chi connectivity index (χ4n) is 4.43. The number of imidazole rings is 1. The van der Waals surface area contributed by atoms with Gasteiger partial charge in [-0.1, -0.05) is 6.92 Å². The molecule has 3 aromatic heterocycles. The number of ether oxygens (including phenoxy) is 2. The molecule has 0 spiro atoms. The molecule has 0 saturated carbocycles. The van der Waals surface area contributed by atoms with E-state index in [9.17, 15) is 23.6 Å². The fraction of sp³-hybridized carbons (Fsp3) is 0.400. The first-order chi connectivity index (χ1) is 21.5. The van der Waals surface area contributed by atoms with Crippen molar-refractivity contribution in [3.05, 3.63) is 59.8 Å². The lowest BCUT2D eigenvalue weighted by atomic mass is 10.0. The van der Waals surface area contributed by atoms with Crippen LogP contribution < -0.4 is 16.0 Å². The van der Waals surface area contributed by atoms with Crippen LogP contribution in [0.2, 0.25) is 0 Å². The number of fused-ring (bicyclic) bond motifs is 1. The van der Waals surface area contributed by atoms with E-state index < -0.39 is 24.7 Å². The third-order valence-electron chi connectivity index (χ3n) is 6.34. The van der Waals surface area contributed by atoms with Gasteiger partial charge in [0, 0.05) is 42.9 Å². The van der Waals surface area contributed by atoms with Crippen LogP contribution in [0.3, 0.4) is 0 Å². The molecular weight excluding hydrogens is 588 g/mol. The molecule has 2 amide bonds. The van der Waals surface area contributed by atoms with Gasteiger partial charge in [-0.3, -0.25) is 13.9 Å². The number of alkyl carbamates (subject to hydrolysis) is 1. The number of aromatic nitrogens is 5. The van der Waals surface area contributed by atoms with Crippen LogP contribution in [0.1, 0.15) is 49.3 Å². The number of carbonyl (C=O) groups is 2. The SMILES string of the molecule is CCc1cc(Nc2nccn3c(-c4cn(CC(F)F)nc4C#N)cnc23)ccc1C(=O)NCCOCCNC(=O)OC(C)(C)C. The molecule has 13 nitrogen and oxygen atoms in total. The van der Waals surface area contributed by atoms with Gasteiger partial charge in [-0.25, -0.2) is 23.5 Å². The Labute approximate surface area is 258 Å². The van der Waals surface area contributed by atoms with Crippen LogP contribution >= 0.6 is 0 Å². The predicted octanol–water partition coefficient (Wildman–Crippen LogP) is 4.31. The molecule has 4 aromatic rings. The highest BCUT2D eigenvalue weighted by atomic mass is 19.3. The monoisotopic (exact) mass is 623 g/mol. The highest BCUT2D eigenvalue weighted by molar-refractivity contribution is 5.96. The minimum Gasteiger partial charge on any atom is -0.444 e. The third-order valence-corrected chi connectivity index (χ3v) is 6.34. The van der Waals surface area contributed by atoms with Crippen molar-refractivity contribution >= 4 is 29.2 Å². The molecule has 0 bridgehead atoms. The molecule has 45 heavy (non-hydrogen) atoms. The van der Waals surface area contributed by atoms with Crippen LogP contribution in [0.25, 0.3) is 16.9 Å². The number of amides is 2. The molecule has 0 atom stereocenters. The van der Waals surface area contributed by atoms with Crippen LogP contribution in [0.4, 0.5) is 25.1 Å². The van der Waals surface area contributed by atoms with Crippen molar-refractivity contribution in [2.24, 2.45) is 0 Å². The molecule has 238 valence electrons. The van der Waals surface area contributed by atoms with Gasteiger partial charge in [-0.15, -0.1) is 0 Å². The van der Waals surface area contributed by atoms with Crippen molar-refractivity contribution in [1.29, 1.82) is 5.26 Å². The average Bonchev–Trinajstić information content (AvgIpc) is 3.59. The Bertz CT molecular complexity index is 1690. The van der Waals surface area contributed by atoms with Gasteiger partial charge in [-0.05, 0) is 51.0 Å². The number of nitriles is 1. The lowest BCUT2D eigenvalue weighted by molar-refractivity contribution is 0.0500. The maximum Gasteiger partial charge on any atom is 0.407 e. The van der Waals surface area contributed by atoms with Gasteiger partial charge in [0.15, 0.2) is 17.2 Å². The van der Waals surface area contributed by atoms with E-state index in [4.69, 9.17) is 9.47 Å². The molecule has 1 aromatic carbocycles. The summed E-state index contributed by atoms with van der Waals surface area (Å²) in [5, 5.41) is 22.2. The predicted molar refractivity (Wildman–Crippen MR) is 161 cm³/mol. The van der Waals surface area contributed by atoms with Crippen molar-refractivity contribution in [3.8, 4) is 17.3 Å². The first-order valence-corrected chi connectivity index (χ1v) is 14.3. The highest BCUT2D eigenvalue weighted by Gasteiger charge is 2.19. The van der Waals surface area contributed by atoms with Crippen molar-refractivity contribution in [2.75, 3.05) is 31.6 Å². The second-order valence-electron chi connectivity index (χ2n) is 10.9. The third kappa shape index (κ3) is 8.73. The molecule has 4 rings (SSSR count). The molecule has 0 saturated heterocycles. The summed E-state index contributed by atoms with van der Waals surface area (Å²) in [4.78, 5) is 33.4. The molecular formula is C30H35F2N9O4. The molecule has 0 radical (unpaired) electrons. The van der Waals surface area contributed by atoms with Gasteiger partial charge in [0.2, 0.25) is 0 Å². The van der Waals surface area contributed by atoms with Gasteiger partial charge in [0.25, 0.3) is 12.3 Å². The zero-order chi connectivity index (χ0) is 32.6. The summed E-state index contributed by atoms with van der Waals surface area (Å²) in [6.45, 7) is 7.78. The minimum absolute atomic E-state index is 0.00647. The van der Waals surface area contributed by atoms with E-state index in [0.29, 0.717) is 40.4 Å². The van der Waals surface area contributed by atoms with Gasteiger partial charge in [0.05, 0.1) is 30.7 Å². The smallest absolute Gasteiger partial charge is 0.407 e. The largest absolute Gasteiger partial charge is 0.444 e. The van der Waals surface area contributed by atoms with Crippen LogP contribution in [0.15, 0.2) is 43.0 Å². The number of alkyl halides is 2. The maximum atomic E-state index is 12.9. The number of nitrogens with zero attached hydrogens (tertiary/aromatic N) is 6. The van der Waals surface area contributed by atoms with Gasteiger partial charge in [-0.2, -0.15) is 10.4 Å². The summed E-state index contributed by atoms with van der Waals surface area (Å²) in [6.07, 6.45) is 3.59. The number of aryl methyl sites for hydroxylation is 1. The first-order valence-electron chi connectivity index (χ1n) is 14.3. The van der Waals surface area contributed by atoms with Gasteiger partial charge < -0.3 is 25.4 Å². The maximum absolute atomic E-state index is 12.9. The van der Waals surface area contributed by atoms with E-state index in [0.717, 1.165) is 10.2 Å². The number of benzene rings is 1.